The molecule has 0 aliphatic carbocycles. The second-order valence-corrected chi connectivity index (χ2v) is 10.8. The summed E-state index contributed by atoms with van der Waals surface area (Å²) in [4.78, 5) is 0. The highest BCUT2D eigenvalue weighted by Gasteiger charge is 2.23. The molecule has 1 aliphatic rings. The molecule has 0 aromatic heterocycles. The molecule has 3 aromatic carbocycles. The third-order valence-corrected chi connectivity index (χ3v) is 7.76. The van der Waals surface area contributed by atoms with E-state index in [0.29, 0.717) is 23.7 Å². The molecule has 222 valence electrons. The van der Waals surface area contributed by atoms with E-state index in [1.54, 1.807) is 19.1 Å². The molecule has 2 unspecified atom stereocenters. The van der Waals surface area contributed by atoms with Crippen LogP contribution in [0, 0.1) is 29.2 Å². The molecule has 3 nitrogen and oxygen atoms in total. The minimum absolute atomic E-state index is 0.0474. The van der Waals surface area contributed by atoms with E-state index in [9.17, 15) is 13.2 Å². The number of hydrogen-bond acceptors (Lipinski definition) is 3. The van der Waals surface area contributed by atoms with Crippen LogP contribution < -0.4 is 9.47 Å². The summed E-state index contributed by atoms with van der Waals surface area (Å²) in [5.74, 6) is -3.95. The number of rotatable bonds is 14. The molecular weight excluding hydrogens is 532 g/mol. The lowest BCUT2D eigenvalue weighted by Crippen LogP contribution is -2.30. The van der Waals surface area contributed by atoms with Crippen molar-refractivity contribution in [2.75, 3.05) is 19.8 Å². The fraction of sp³-hybridized carbons (Fsp3) is 0.471. The van der Waals surface area contributed by atoms with Crippen molar-refractivity contribution < 1.29 is 31.8 Å². The molecule has 1 saturated heterocycles. The van der Waals surface area contributed by atoms with Crippen molar-refractivity contribution in [1.29, 1.82) is 0 Å². The molecule has 1 heterocycles. The highest BCUT2D eigenvalue weighted by molar-refractivity contribution is 5.72. The Morgan fingerprint density at radius 1 is 0.659 bits per heavy atom. The molecule has 0 saturated carbocycles. The molecular formula is C34H40F4O3. The lowest BCUT2D eigenvalue weighted by Gasteiger charge is -2.29. The summed E-state index contributed by atoms with van der Waals surface area (Å²) >= 11 is 0. The Kier molecular flexibility index (Phi) is 11.5. The van der Waals surface area contributed by atoms with Gasteiger partial charge in [-0.3, -0.25) is 0 Å². The summed E-state index contributed by atoms with van der Waals surface area (Å²) in [6.07, 6.45) is 10.6. The standard InChI is InChI=1S/C34H40F4O3/c1-3-5-6-7-8-9-10-23-11-16-26(40-21-23)22-41-30-20-18-28(32(36)34(30)38)25-14-12-24(13-15-25)27-17-19-29(39-4-2)33(37)31(27)35/h12-15,17-20,23,26H,3-11,16,21-22H2,1-2H3. The molecule has 41 heavy (non-hydrogen) atoms. The van der Waals surface area contributed by atoms with Gasteiger partial charge in [-0.1, -0.05) is 69.7 Å². The van der Waals surface area contributed by atoms with Crippen LogP contribution in [0.5, 0.6) is 11.5 Å². The van der Waals surface area contributed by atoms with Gasteiger partial charge in [0.15, 0.2) is 23.1 Å². The van der Waals surface area contributed by atoms with Crippen LogP contribution in [-0.2, 0) is 4.74 Å². The average molecular weight is 573 g/mol. The SMILES string of the molecule is CCCCCCCCC1CCC(COc2ccc(-c3ccc(-c4ccc(OCC)c(F)c4F)cc3)c(F)c2F)OC1. The quantitative estimate of drug-likeness (QED) is 0.142. The maximum Gasteiger partial charge on any atom is 0.201 e. The van der Waals surface area contributed by atoms with Gasteiger partial charge in [0.05, 0.1) is 12.7 Å². The summed E-state index contributed by atoms with van der Waals surface area (Å²) < 4.78 is 75.5. The first-order valence-electron chi connectivity index (χ1n) is 14.9. The fourth-order valence-electron chi connectivity index (χ4n) is 5.33. The van der Waals surface area contributed by atoms with Gasteiger partial charge in [-0.25, -0.2) is 8.78 Å². The van der Waals surface area contributed by atoms with Crippen molar-refractivity contribution in [2.45, 2.75) is 77.7 Å². The lowest BCUT2D eigenvalue weighted by atomic mass is 9.93. The fourth-order valence-corrected chi connectivity index (χ4v) is 5.33. The van der Waals surface area contributed by atoms with Crippen LogP contribution >= 0.6 is 0 Å². The van der Waals surface area contributed by atoms with E-state index < -0.39 is 23.3 Å². The van der Waals surface area contributed by atoms with Gasteiger partial charge in [0.1, 0.15) is 6.61 Å². The number of hydrogen-bond donors (Lipinski definition) is 0. The van der Waals surface area contributed by atoms with Gasteiger partial charge in [-0.05, 0) is 67.5 Å². The summed E-state index contributed by atoms with van der Waals surface area (Å²) in [6.45, 7) is 4.97. The van der Waals surface area contributed by atoms with Crippen molar-refractivity contribution in [2.24, 2.45) is 5.92 Å². The minimum atomic E-state index is -1.07. The largest absolute Gasteiger partial charge is 0.491 e. The first kappa shape index (κ1) is 30.9. The molecule has 2 atom stereocenters. The molecule has 0 bridgehead atoms. The molecule has 4 rings (SSSR count). The van der Waals surface area contributed by atoms with Gasteiger partial charge in [-0.15, -0.1) is 0 Å². The van der Waals surface area contributed by atoms with Gasteiger partial charge in [-0.2, -0.15) is 8.78 Å². The van der Waals surface area contributed by atoms with Crippen LogP contribution in [0.2, 0.25) is 0 Å². The highest BCUT2D eigenvalue weighted by atomic mass is 19.2. The van der Waals surface area contributed by atoms with Crippen LogP contribution in [0.15, 0.2) is 48.5 Å². The normalized spacial score (nSPS) is 17.0. The third kappa shape index (κ3) is 8.03. The molecule has 0 spiro atoms. The van der Waals surface area contributed by atoms with E-state index in [0.717, 1.165) is 12.8 Å². The predicted molar refractivity (Wildman–Crippen MR) is 154 cm³/mol. The summed E-state index contributed by atoms with van der Waals surface area (Å²) in [5.41, 5.74) is 0.893. The van der Waals surface area contributed by atoms with E-state index in [1.807, 2.05) is 0 Å². The van der Waals surface area contributed by atoms with E-state index >= 15 is 4.39 Å². The Labute approximate surface area is 240 Å². The van der Waals surface area contributed by atoms with Gasteiger partial charge < -0.3 is 14.2 Å². The van der Waals surface area contributed by atoms with E-state index in [1.165, 1.54) is 81.3 Å². The summed E-state index contributed by atoms with van der Waals surface area (Å²) in [7, 11) is 0. The molecule has 0 radical (unpaired) electrons. The Bertz CT molecular complexity index is 1250. The average Bonchev–Trinajstić information content (AvgIpc) is 2.99. The monoisotopic (exact) mass is 572 g/mol. The van der Waals surface area contributed by atoms with Crippen molar-refractivity contribution in [3.63, 3.8) is 0 Å². The number of unbranched alkanes of at least 4 members (excludes halogenated alkanes) is 5. The van der Waals surface area contributed by atoms with Crippen LogP contribution in [0.4, 0.5) is 17.6 Å². The van der Waals surface area contributed by atoms with Crippen molar-refractivity contribution in [1.82, 2.24) is 0 Å². The number of ether oxygens (including phenoxy) is 3. The Morgan fingerprint density at radius 2 is 1.22 bits per heavy atom. The van der Waals surface area contributed by atoms with Crippen molar-refractivity contribution in [3.8, 4) is 33.8 Å². The second-order valence-electron chi connectivity index (χ2n) is 10.8. The zero-order chi connectivity index (χ0) is 29.2. The number of benzene rings is 3. The summed E-state index contributed by atoms with van der Waals surface area (Å²) in [6, 6.07) is 11.8. The second kappa shape index (κ2) is 15.2. The van der Waals surface area contributed by atoms with Crippen molar-refractivity contribution >= 4 is 0 Å². The zero-order valence-electron chi connectivity index (χ0n) is 24.0. The van der Waals surface area contributed by atoms with Crippen LogP contribution in [-0.4, -0.2) is 25.9 Å². The Hall–Kier alpha value is -3.06. The maximum absolute atomic E-state index is 15.0. The zero-order valence-corrected chi connectivity index (χ0v) is 24.0. The number of halogens is 4. The van der Waals surface area contributed by atoms with Crippen LogP contribution in [0.25, 0.3) is 22.3 Å². The summed E-state index contributed by atoms with van der Waals surface area (Å²) in [5, 5.41) is 0. The van der Waals surface area contributed by atoms with Crippen molar-refractivity contribution in [3.05, 3.63) is 71.8 Å². The van der Waals surface area contributed by atoms with Gasteiger partial charge >= 0.3 is 0 Å². The minimum Gasteiger partial charge on any atom is -0.491 e. The molecule has 7 heteroatoms. The first-order valence-corrected chi connectivity index (χ1v) is 14.9. The maximum atomic E-state index is 15.0. The topological polar surface area (TPSA) is 27.7 Å². The van der Waals surface area contributed by atoms with Gasteiger partial charge in [0.2, 0.25) is 11.6 Å². The molecule has 1 fully saturated rings. The Morgan fingerprint density at radius 3 is 1.76 bits per heavy atom. The Balaban J connectivity index is 1.31. The molecule has 0 N–H and O–H groups in total. The highest BCUT2D eigenvalue weighted by Crippen LogP contribution is 2.34. The predicted octanol–water partition coefficient (Wildman–Crippen LogP) is 9.90. The molecule has 0 amide bonds. The van der Waals surface area contributed by atoms with Crippen LogP contribution in [0.1, 0.15) is 71.6 Å². The first-order chi connectivity index (χ1) is 19.9. The van der Waals surface area contributed by atoms with E-state index in [2.05, 4.69) is 6.92 Å². The molecule has 3 aromatic rings. The third-order valence-electron chi connectivity index (χ3n) is 7.76. The van der Waals surface area contributed by atoms with E-state index in [4.69, 9.17) is 14.2 Å². The van der Waals surface area contributed by atoms with Gasteiger partial charge in [0.25, 0.3) is 0 Å². The molecule has 1 aliphatic heterocycles. The smallest absolute Gasteiger partial charge is 0.201 e. The van der Waals surface area contributed by atoms with Crippen LogP contribution in [0.3, 0.4) is 0 Å². The van der Waals surface area contributed by atoms with E-state index in [-0.39, 0.29) is 41.9 Å². The van der Waals surface area contributed by atoms with Gasteiger partial charge in [0, 0.05) is 17.7 Å². The lowest BCUT2D eigenvalue weighted by molar-refractivity contribution is -0.0400.